The smallest absolute Gasteiger partial charge is 0.356 e. The number of rotatable bonds is 4. The van der Waals surface area contributed by atoms with E-state index in [1.807, 2.05) is 0 Å². The van der Waals surface area contributed by atoms with Crippen molar-refractivity contribution in [2.75, 3.05) is 4.72 Å². The Morgan fingerprint density at radius 3 is 2.75 bits per heavy atom. The molecule has 0 fully saturated rings. The number of nitrogens with zero attached hydrogens (tertiary/aromatic N) is 4. The second-order valence-electron chi connectivity index (χ2n) is 3.62. The maximum Gasteiger partial charge on any atom is 0.356 e. The van der Waals surface area contributed by atoms with E-state index in [-0.39, 0.29) is 15.3 Å². The molecule has 0 aliphatic rings. The van der Waals surface area contributed by atoms with Gasteiger partial charge in [0.25, 0.3) is 10.0 Å². The van der Waals surface area contributed by atoms with Crippen LogP contribution in [-0.2, 0) is 17.1 Å². The Hall–Kier alpha value is -2.01. The monoisotopic (exact) mass is 361 g/mol. The van der Waals surface area contributed by atoms with Gasteiger partial charge in [-0.05, 0) is 28.1 Å². The van der Waals surface area contributed by atoms with Crippen LogP contribution in [0.2, 0.25) is 0 Å². The van der Waals surface area contributed by atoms with E-state index in [0.29, 0.717) is 0 Å². The van der Waals surface area contributed by atoms with Crippen molar-refractivity contribution in [3.63, 3.8) is 0 Å². The highest BCUT2D eigenvalue weighted by atomic mass is 79.9. The Kier molecular flexibility index (Phi) is 3.72. The van der Waals surface area contributed by atoms with Gasteiger partial charge in [0.1, 0.15) is 0 Å². The summed E-state index contributed by atoms with van der Waals surface area (Å²) >= 11 is 2.97. The lowest BCUT2D eigenvalue weighted by molar-refractivity contribution is 0.0692. The third-order valence-corrected chi connectivity index (χ3v) is 4.50. The zero-order valence-electron chi connectivity index (χ0n) is 9.98. The van der Waals surface area contributed by atoms with Crippen molar-refractivity contribution in [1.29, 1.82) is 0 Å². The molecule has 106 valence electrons. The van der Waals surface area contributed by atoms with E-state index in [4.69, 9.17) is 5.11 Å². The number of carbonyl (C=O) groups is 1. The van der Waals surface area contributed by atoms with Crippen molar-refractivity contribution >= 4 is 37.6 Å². The number of anilines is 1. The van der Waals surface area contributed by atoms with Gasteiger partial charge in [0.2, 0.25) is 5.03 Å². The number of pyridine rings is 1. The number of aromatic nitrogens is 4. The lowest BCUT2D eigenvalue weighted by Crippen LogP contribution is -2.19. The molecule has 9 nitrogen and oxygen atoms in total. The first kappa shape index (κ1) is 14.4. The Balaban J connectivity index is 2.47. The van der Waals surface area contributed by atoms with E-state index in [9.17, 15) is 13.2 Å². The molecule has 2 aromatic rings. The summed E-state index contributed by atoms with van der Waals surface area (Å²) in [7, 11) is -2.65. The highest BCUT2D eigenvalue weighted by molar-refractivity contribution is 9.10. The second-order valence-corrected chi connectivity index (χ2v) is 5.97. The summed E-state index contributed by atoms with van der Waals surface area (Å²) in [6.45, 7) is 0. The highest BCUT2D eigenvalue weighted by Gasteiger charge is 2.26. The molecule has 2 heterocycles. The average Bonchev–Trinajstić information content (AvgIpc) is 2.69. The maximum absolute atomic E-state index is 12.2. The summed E-state index contributed by atoms with van der Waals surface area (Å²) in [5.41, 5.74) is -0.546. The van der Waals surface area contributed by atoms with Crippen LogP contribution in [0.1, 0.15) is 10.5 Å². The largest absolute Gasteiger partial charge is 0.476 e. The summed E-state index contributed by atoms with van der Waals surface area (Å²) in [6, 6.07) is 2.71. The minimum absolute atomic E-state index is 0.0215. The molecular formula is C9H8BrN5O4S. The van der Waals surface area contributed by atoms with Crippen molar-refractivity contribution in [2.45, 2.75) is 5.03 Å². The van der Waals surface area contributed by atoms with Gasteiger partial charge in [0, 0.05) is 13.2 Å². The van der Waals surface area contributed by atoms with Crippen molar-refractivity contribution in [2.24, 2.45) is 7.05 Å². The molecule has 0 radical (unpaired) electrons. The second kappa shape index (κ2) is 5.17. The number of carboxylic acids is 1. The van der Waals surface area contributed by atoms with Crippen LogP contribution in [0.4, 0.5) is 5.69 Å². The van der Waals surface area contributed by atoms with Crippen molar-refractivity contribution in [1.82, 2.24) is 20.0 Å². The zero-order valence-corrected chi connectivity index (χ0v) is 12.4. The van der Waals surface area contributed by atoms with Crippen LogP contribution in [0.5, 0.6) is 0 Å². The fraction of sp³-hybridized carbons (Fsp3) is 0.111. The van der Waals surface area contributed by atoms with E-state index in [2.05, 4.69) is 35.9 Å². The molecule has 2 N–H and O–H groups in total. The van der Waals surface area contributed by atoms with E-state index in [0.717, 1.165) is 4.68 Å². The maximum atomic E-state index is 12.2. The molecule has 2 rings (SSSR count). The number of aromatic carboxylic acids is 1. The molecule has 0 spiro atoms. The molecule has 0 aromatic carbocycles. The number of carboxylic acid groups (broad SMARTS) is 1. The minimum atomic E-state index is -4.05. The number of nitrogens with one attached hydrogen (secondary N) is 1. The van der Waals surface area contributed by atoms with Gasteiger partial charge in [-0.2, -0.15) is 8.42 Å². The lowest BCUT2D eigenvalue weighted by atomic mass is 10.3. The third-order valence-electron chi connectivity index (χ3n) is 2.25. The molecule has 2 aromatic heterocycles. The molecule has 11 heteroatoms. The first-order chi connectivity index (χ1) is 9.33. The van der Waals surface area contributed by atoms with E-state index in [1.54, 1.807) is 0 Å². The standard InChI is InChI=1S/C9H8BrN5O4S/c1-15-8(7(10)12-14-15)20(18,19)13-5-3-2-4-11-6(5)9(16)17/h2-4,13H,1H3,(H,16,17). The molecule has 0 amide bonds. The quantitative estimate of drug-likeness (QED) is 0.809. The Morgan fingerprint density at radius 1 is 1.50 bits per heavy atom. The first-order valence-corrected chi connectivity index (χ1v) is 7.37. The minimum Gasteiger partial charge on any atom is -0.476 e. The van der Waals surface area contributed by atoms with Gasteiger partial charge < -0.3 is 5.11 Å². The molecule has 20 heavy (non-hydrogen) atoms. The van der Waals surface area contributed by atoms with Gasteiger partial charge in [-0.25, -0.2) is 14.5 Å². The van der Waals surface area contributed by atoms with Gasteiger partial charge in [0.05, 0.1) is 5.69 Å². The molecule has 0 aliphatic heterocycles. The number of hydrogen-bond acceptors (Lipinski definition) is 6. The van der Waals surface area contributed by atoms with Gasteiger partial charge in [0.15, 0.2) is 10.3 Å². The first-order valence-electron chi connectivity index (χ1n) is 5.09. The van der Waals surface area contributed by atoms with Crippen molar-refractivity contribution in [3.05, 3.63) is 28.6 Å². The van der Waals surface area contributed by atoms with Crippen molar-refractivity contribution in [3.8, 4) is 0 Å². The fourth-order valence-electron chi connectivity index (χ4n) is 1.46. The van der Waals surface area contributed by atoms with Crippen LogP contribution in [0.15, 0.2) is 28.0 Å². The van der Waals surface area contributed by atoms with E-state index < -0.39 is 21.7 Å². The highest BCUT2D eigenvalue weighted by Crippen LogP contribution is 2.22. The topological polar surface area (TPSA) is 127 Å². The fourth-order valence-corrected chi connectivity index (χ4v) is 3.62. The van der Waals surface area contributed by atoms with Crippen LogP contribution in [0, 0.1) is 0 Å². The normalized spacial score (nSPS) is 11.3. The Labute approximate surface area is 121 Å². The molecule has 0 atom stereocenters. The molecule has 0 unspecified atom stereocenters. The number of aryl methyl sites for hydroxylation is 1. The van der Waals surface area contributed by atoms with Gasteiger partial charge in [-0.3, -0.25) is 4.72 Å². The lowest BCUT2D eigenvalue weighted by Gasteiger charge is -2.09. The van der Waals surface area contributed by atoms with Gasteiger partial charge in [-0.1, -0.05) is 5.21 Å². The van der Waals surface area contributed by atoms with Crippen LogP contribution in [0.3, 0.4) is 0 Å². The Bertz CT molecular complexity index is 753. The molecule has 0 aliphatic carbocycles. The van der Waals surface area contributed by atoms with Crippen molar-refractivity contribution < 1.29 is 18.3 Å². The van der Waals surface area contributed by atoms with Gasteiger partial charge in [-0.15, -0.1) is 5.10 Å². The predicted molar refractivity (Wildman–Crippen MR) is 70.7 cm³/mol. The molecule has 0 saturated heterocycles. The Morgan fingerprint density at radius 2 is 2.20 bits per heavy atom. The van der Waals surface area contributed by atoms with E-state index in [1.165, 1.54) is 25.4 Å². The van der Waals surface area contributed by atoms with Crippen LogP contribution >= 0.6 is 15.9 Å². The number of halogens is 1. The summed E-state index contributed by atoms with van der Waals surface area (Å²) < 4.78 is 27.6. The predicted octanol–water partition coefficient (Wildman–Crippen LogP) is 0.472. The molecular weight excluding hydrogens is 354 g/mol. The number of hydrogen-bond donors (Lipinski definition) is 2. The molecule has 0 saturated carbocycles. The third kappa shape index (κ3) is 2.63. The molecule has 0 bridgehead atoms. The van der Waals surface area contributed by atoms with Crippen LogP contribution in [0.25, 0.3) is 0 Å². The summed E-state index contributed by atoms with van der Waals surface area (Å²) in [5.74, 6) is -1.34. The van der Waals surface area contributed by atoms with E-state index >= 15 is 0 Å². The number of sulfonamides is 1. The van der Waals surface area contributed by atoms with Crippen LogP contribution < -0.4 is 4.72 Å². The summed E-state index contributed by atoms with van der Waals surface area (Å²) in [5, 5.41) is 15.9. The average molecular weight is 362 g/mol. The summed E-state index contributed by atoms with van der Waals surface area (Å²) in [4.78, 5) is 14.6. The summed E-state index contributed by atoms with van der Waals surface area (Å²) in [6.07, 6.45) is 1.25. The van der Waals surface area contributed by atoms with Gasteiger partial charge >= 0.3 is 5.97 Å². The zero-order chi connectivity index (χ0) is 14.9. The SMILES string of the molecule is Cn1nnc(Br)c1S(=O)(=O)Nc1cccnc1C(=O)O. The van der Waals surface area contributed by atoms with Crippen LogP contribution in [-0.4, -0.2) is 39.5 Å².